The average molecular weight is 240 g/mol. The largest absolute Gasteiger partial charge is 0.395 e. The molecular formula is C12H16O3S. The van der Waals surface area contributed by atoms with Gasteiger partial charge >= 0.3 is 0 Å². The zero-order chi connectivity index (χ0) is 11.6. The molecule has 3 atom stereocenters. The van der Waals surface area contributed by atoms with Crippen LogP contribution in [0.5, 0.6) is 0 Å². The van der Waals surface area contributed by atoms with Crippen molar-refractivity contribution in [3.05, 3.63) is 35.9 Å². The van der Waals surface area contributed by atoms with Gasteiger partial charge < -0.3 is 15.3 Å². The highest BCUT2D eigenvalue weighted by Crippen LogP contribution is 2.38. The van der Waals surface area contributed by atoms with E-state index in [9.17, 15) is 15.3 Å². The fourth-order valence-corrected chi connectivity index (χ4v) is 3.41. The van der Waals surface area contributed by atoms with Crippen molar-refractivity contribution in [3.8, 4) is 0 Å². The third-order valence-corrected chi connectivity index (χ3v) is 4.55. The molecule has 0 spiro atoms. The first-order chi connectivity index (χ1) is 7.66. The number of hydrogen-bond acceptors (Lipinski definition) is 4. The van der Waals surface area contributed by atoms with Gasteiger partial charge in [0.05, 0.1) is 18.0 Å². The summed E-state index contributed by atoms with van der Waals surface area (Å²) in [5.74, 6) is 0.481. The number of benzene rings is 1. The Morgan fingerprint density at radius 2 is 2.00 bits per heavy atom. The molecule has 1 aromatic rings. The fourth-order valence-electron chi connectivity index (χ4n) is 2.08. The van der Waals surface area contributed by atoms with Gasteiger partial charge in [0, 0.05) is 12.2 Å². The molecule has 0 radical (unpaired) electrons. The van der Waals surface area contributed by atoms with E-state index in [-0.39, 0.29) is 11.9 Å². The Kier molecular flexibility index (Phi) is 3.54. The van der Waals surface area contributed by atoms with Crippen LogP contribution < -0.4 is 0 Å². The van der Waals surface area contributed by atoms with Gasteiger partial charge in [-0.25, -0.2) is 0 Å². The fraction of sp³-hybridized carbons (Fsp3) is 0.500. The third-order valence-electron chi connectivity index (χ3n) is 3.09. The summed E-state index contributed by atoms with van der Waals surface area (Å²) in [5.41, 5.74) is -0.231. The lowest BCUT2D eigenvalue weighted by atomic mass is 9.87. The Labute approximate surface area is 99.1 Å². The Morgan fingerprint density at radius 3 is 2.62 bits per heavy atom. The lowest BCUT2D eigenvalue weighted by Gasteiger charge is -2.31. The highest BCUT2D eigenvalue weighted by Gasteiger charge is 2.48. The number of aliphatic hydroxyl groups excluding tert-OH is 2. The Balaban J connectivity index is 2.18. The van der Waals surface area contributed by atoms with Gasteiger partial charge in [0.25, 0.3) is 0 Å². The molecule has 1 aliphatic rings. The van der Waals surface area contributed by atoms with E-state index in [1.165, 1.54) is 11.8 Å². The zero-order valence-corrected chi connectivity index (χ0v) is 9.73. The summed E-state index contributed by atoms with van der Waals surface area (Å²) in [7, 11) is 0. The summed E-state index contributed by atoms with van der Waals surface area (Å²) >= 11 is 1.43. The van der Waals surface area contributed by atoms with E-state index in [1.807, 2.05) is 30.3 Å². The van der Waals surface area contributed by atoms with Crippen molar-refractivity contribution in [2.45, 2.75) is 23.4 Å². The molecule has 0 aromatic heterocycles. The second-order valence-corrected chi connectivity index (χ2v) is 5.41. The van der Waals surface area contributed by atoms with E-state index in [1.54, 1.807) is 0 Å². The van der Waals surface area contributed by atoms with Crippen LogP contribution in [-0.2, 0) is 6.42 Å². The summed E-state index contributed by atoms with van der Waals surface area (Å²) in [6.45, 7) is -0.106. The van der Waals surface area contributed by atoms with Crippen molar-refractivity contribution in [2.75, 3.05) is 12.4 Å². The molecule has 88 valence electrons. The van der Waals surface area contributed by atoms with Crippen LogP contribution in [0.3, 0.4) is 0 Å². The molecule has 1 fully saturated rings. The van der Waals surface area contributed by atoms with Gasteiger partial charge in [-0.05, 0) is 5.56 Å². The summed E-state index contributed by atoms with van der Waals surface area (Å²) in [4.78, 5) is 0. The van der Waals surface area contributed by atoms with Gasteiger partial charge in [0.1, 0.15) is 5.60 Å². The minimum absolute atomic E-state index is 0.106. The smallest absolute Gasteiger partial charge is 0.109 e. The minimum atomic E-state index is -1.21. The summed E-state index contributed by atoms with van der Waals surface area (Å²) < 4.78 is 0. The lowest BCUT2D eigenvalue weighted by molar-refractivity contribution is -0.0628. The maximum atomic E-state index is 10.4. The van der Waals surface area contributed by atoms with Crippen LogP contribution in [0.1, 0.15) is 5.56 Å². The molecule has 2 rings (SSSR count). The van der Waals surface area contributed by atoms with Crippen molar-refractivity contribution in [1.29, 1.82) is 0 Å². The van der Waals surface area contributed by atoms with E-state index >= 15 is 0 Å². The lowest BCUT2D eigenvalue weighted by Crippen LogP contribution is -2.49. The summed E-state index contributed by atoms with van der Waals surface area (Å²) in [6, 6.07) is 9.56. The number of hydrogen-bond donors (Lipinski definition) is 3. The van der Waals surface area contributed by atoms with Crippen LogP contribution in [0.15, 0.2) is 30.3 Å². The molecule has 0 unspecified atom stereocenters. The highest BCUT2D eigenvalue weighted by atomic mass is 32.2. The van der Waals surface area contributed by atoms with Crippen molar-refractivity contribution < 1.29 is 15.3 Å². The standard InChI is InChI=1S/C12H16O3S/c13-7-11-12(15,10(14)8-16-11)6-9-4-2-1-3-5-9/h1-5,10-11,13-15H,6-8H2/t10-,11+,12+/m1/s1. The molecule has 0 aliphatic carbocycles. The number of rotatable bonds is 3. The molecule has 0 bridgehead atoms. The van der Waals surface area contributed by atoms with Crippen LogP contribution in [0.4, 0.5) is 0 Å². The van der Waals surface area contributed by atoms with Crippen LogP contribution in [0, 0.1) is 0 Å². The maximum Gasteiger partial charge on any atom is 0.109 e. The van der Waals surface area contributed by atoms with Gasteiger partial charge in [-0.15, -0.1) is 0 Å². The predicted molar refractivity (Wildman–Crippen MR) is 64.4 cm³/mol. The van der Waals surface area contributed by atoms with Crippen molar-refractivity contribution in [1.82, 2.24) is 0 Å². The normalized spacial score (nSPS) is 34.2. The Bertz CT molecular complexity index is 343. The molecule has 4 heteroatoms. The van der Waals surface area contributed by atoms with Crippen LogP contribution >= 0.6 is 11.8 Å². The van der Waals surface area contributed by atoms with E-state index in [0.29, 0.717) is 12.2 Å². The van der Waals surface area contributed by atoms with E-state index < -0.39 is 11.7 Å². The van der Waals surface area contributed by atoms with Gasteiger partial charge in [0.2, 0.25) is 0 Å². The van der Waals surface area contributed by atoms with Gasteiger partial charge in [0.15, 0.2) is 0 Å². The number of aliphatic hydroxyl groups is 3. The monoisotopic (exact) mass is 240 g/mol. The molecule has 1 saturated heterocycles. The minimum Gasteiger partial charge on any atom is -0.395 e. The van der Waals surface area contributed by atoms with Gasteiger partial charge in [-0.1, -0.05) is 30.3 Å². The van der Waals surface area contributed by atoms with Gasteiger partial charge in [-0.2, -0.15) is 11.8 Å². The molecule has 1 heterocycles. The summed E-state index contributed by atoms with van der Waals surface area (Å²) in [6.07, 6.45) is -0.386. The van der Waals surface area contributed by atoms with Crippen molar-refractivity contribution in [2.24, 2.45) is 0 Å². The van der Waals surface area contributed by atoms with Crippen molar-refractivity contribution >= 4 is 11.8 Å². The Hall–Kier alpha value is -0.550. The molecular weight excluding hydrogens is 224 g/mol. The summed E-state index contributed by atoms with van der Waals surface area (Å²) in [5, 5.41) is 29.2. The zero-order valence-electron chi connectivity index (χ0n) is 8.91. The molecule has 0 saturated carbocycles. The molecule has 3 N–H and O–H groups in total. The highest BCUT2D eigenvalue weighted by molar-refractivity contribution is 8.00. The van der Waals surface area contributed by atoms with Crippen LogP contribution in [0.25, 0.3) is 0 Å². The first-order valence-corrected chi connectivity index (χ1v) is 6.38. The van der Waals surface area contributed by atoms with Crippen LogP contribution in [0.2, 0.25) is 0 Å². The topological polar surface area (TPSA) is 60.7 Å². The second kappa shape index (κ2) is 4.75. The number of thioether (sulfide) groups is 1. The maximum absolute atomic E-state index is 10.4. The Morgan fingerprint density at radius 1 is 1.31 bits per heavy atom. The van der Waals surface area contributed by atoms with Crippen LogP contribution in [-0.4, -0.2) is 44.6 Å². The quantitative estimate of drug-likeness (QED) is 0.717. The first kappa shape index (κ1) is 11.9. The third kappa shape index (κ3) is 2.11. The first-order valence-electron chi connectivity index (χ1n) is 5.33. The van der Waals surface area contributed by atoms with E-state index in [4.69, 9.17) is 0 Å². The SMILES string of the molecule is OC[C@@H]1SC[C@@H](O)[C@@]1(O)Cc1ccccc1. The van der Waals surface area contributed by atoms with Gasteiger partial charge in [-0.3, -0.25) is 0 Å². The second-order valence-electron chi connectivity index (χ2n) is 4.17. The predicted octanol–water partition coefficient (Wildman–Crippen LogP) is 0.429. The average Bonchev–Trinajstić information content (AvgIpc) is 2.56. The molecule has 0 amide bonds. The molecule has 1 aliphatic heterocycles. The molecule has 16 heavy (non-hydrogen) atoms. The molecule has 1 aromatic carbocycles. The van der Waals surface area contributed by atoms with E-state index in [2.05, 4.69) is 0 Å². The van der Waals surface area contributed by atoms with E-state index in [0.717, 1.165) is 5.56 Å². The van der Waals surface area contributed by atoms with Crippen molar-refractivity contribution in [3.63, 3.8) is 0 Å². The molecule has 3 nitrogen and oxygen atoms in total.